The third kappa shape index (κ3) is 3.73. The molecule has 18 heavy (non-hydrogen) atoms. The maximum absolute atomic E-state index is 11.4. The first-order chi connectivity index (χ1) is 8.58. The molecule has 6 nitrogen and oxygen atoms in total. The number of rotatable bonds is 5. The van der Waals surface area contributed by atoms with Crippen LogP contribution in [0.4, 0.5) is 5.82 Å². The Kier molecular flexibility index (Phi) is 5.10. The molecule has 0 atom stereocenters. The number of aromatic nitrogens is 1. The molecule has 1 amide bonds. The Morgan fingerprint density at radius 2 is 2.22 bits per heavy atom. The highest BCUT2D eigenvalue weighted by molar-refractivity contribution is 5.90. The zero-order valence-corrected chi connectivity index (χ0v) is 10.8. The lowest BCUT2D eigenvalue weighted by molar-refractivity contribution is -0.119. The van der Waals surface area contributed by atoms with Gasteiger partial charge in [0, 0.05) is 19.8 Å². The lowest BCUT2D eigenvalue weighted by atomic mass is 10.2. The van der Waals surface area contributed by atoms with Gasteiger partial charge in [0.25, 0.3) is 0 Å². The number of esters is 1. The Hall–Kier alpha value is -2.11. The summed E-state index contributed by atoms with van der Waals surface area (Å²) in [6.07, 6.45) is 1.51. The third-order valence-electron chi connectivity index (χ3n) is 2.31. The van der Waals surface area contributed by atoms with Gasteiger partial charge in [-0.05, 0) is 19.1 Å². The number of ether oxygens (including phenoxy) is 1. The van der Waals surface area contributed by atoms with Crippen LogP contribution in [0.1, 0.15) is 17.3 Å². The standard InChI is InChI=1S/C12H17N3O3/c1-4-13-11(16)8-15(2)10-7-9(5-6-14-10)12(17)18-3/h5-7H,4,8H2,1-3H3,(H,13,16). The molecule has 0 aromatic carbocycles. The van der Waals surface area contributed by atoms with Gasteiger partial charge in [0.1, 0.15) is 5.82 Å². The van der Waals surface area contributed by atoms with Crippen LogP contribution >= 0.6 is 0 Å². The number of methoxy groups -OCH3 is 1. The van der Waals surface area contributed by atoms with E-state index in [0.29, 0.717) is 17.9 Å². The van der Waals surface area contributed by atoms with E-state index < -0.39 is 5.97 Å². The van der Waals surface area contributed by atoms with Crippen molar-refractivity contribution in [2.45, 2.75) is 6.92 Å². The van der Waals surface area contributed by atoms with Gasteiger partial charge in [-0.1, -0.05) is 0 Å². The summed E-state index contributed by atoms with van der Waals surface area (Å²) < 4.78 is 4.63. The predicted octanol–water partition coefficient (Wildman–Crippen LogP) is 0.440. The molecule has 0 aliphatic carbocycles. The maximum atomic E-state index is 11.4. The van der Waals surface area contributed by atoms with Gasteiger partial charge in [0.05, 0.1) is 19.2 Å². The lowest BCUT2D eigenvalue weighted by Gasteiger charge is -2.17. The van der Waals surface area contributed by atoms with Crippen LogP contribution in [0.25, 0.3) is 0 Å². The Morgan fingerprint density at radius 1 is 1.50 bits per heavy atom. The normalized spacial score (nSPS) is 9.72. The summed E-state index contributed by atoms with van der Waals surface area (Å²) in [5.41, 5.74) is 0.408. The van der Waals surface area contributed by atoms with Gasteiger partial charge in [0.15, 0.2) is 0 Å². The molecule has 0 aliphatic rings. The lowest BCUT2D eigenvalue weighted by Crippen LogP contribution is -2.35. The van der Waals surface area contributed by atoms with Gasteiger partial charge in [-0.15, -0.1) is 0 Å². The summed E-state index contributed by atoms with van der Waals surface area (Å²) in [6.45, 7) is 2.63. The van der Waals surface area contributed by atoms with Gasteiger partial charge in [-0.25, -0.2) is 9.78 Å². The SMILES string of the molecule is CCNC(=O)CN(C)c1cc(C(=O)OC)ccn1. The number of nitrogens with one attached hydrogen (secondary N) is 1. The highest BCUT2D eigenvalue weighted by Crippen LogP contribution is 2.11. The summed E-state index contributed by atoms with van der Waals surface area (Å²) in [5.74, 6) is 0.0273. The van der Waals surface area contributed by atoms with Crippen molar-refractivity contribution in [2.75, 3.05) is 32.1 Å². The molecule has 0 fully saturated rings. The number of amides is 1. The molecule has 6 heteroatoms. The Bertz CT molecular complexity index is 434. The van der Waals surface area contributed by atoms with Crippen LogP contribution in [0, 0.1) is 0 Å². The molecule has 0 aliphatic heterocycles. The molecule has 0 bridgehead atoms. The molecule has 0 unspecified atom stereocenters. The monoisotopic (exact) mass is 251 g/mol. The summed E-state index contributed by atoms with van der Waals surface area (Å²) in [6, 6.07) is 3.15. The largest absolute Gasteiger partial charge is 0.465 e. The maximum Gasteiger partial charge on any atom is 0.338 e. The first-order valence-electron chi connectivity index (χ1n) is 5.60. The molecule has 1 rings (SSSR count). The number of hydrogen-bond donors (Lipinski definition) is 1. The predicted molar refractivity (Wildman–Crippen MR) is 67.5 cm³/mol. The molecule has 1 N–H and O–H groups in total. The van der Waals surface area contributed by atoms with Crippen molar-refractivity contribution in [2.24, 2.45) is 0 Å². The van der Waals surface area contributed by atoms with Crippen LogP contribution in [-0.2, 0) is 9.53 Å². The van der Waals surface area contributed by atoms with E-state index in [-0.39, 0.29) is 12.5 Å². The summed E-state index contributed by atoms with van der Waals surface area (Å²) in [7, 11) is 3.06. The van der Waals surface area contributed by atoms with Crippen molar-refractivity contribution in [1.29, 1.82) is 0 Å². The molecule has 1 heterocycles. The second-order valence-electron chi connectivity index (χ2n) is 3.70. The van der Waals surface area contributed by atoms with E-state index in [1.807, 2.05) is 6.92 Å². The minimum Gasteiger partial charge on any atom is -0.465 e. The van der Waals surface area contributed by atoms with E-state index in [2.05, 4.69) is 15.0 Å². The van der Waals surface area contributed by atoms with Crippen LogP contribution in [0.5, 0.6) is 0 Å². The van der Waals surface area contributed by atoms with Gasteiger partial charge >= 0.3 is 5.97 Å². The van der Waals surface area contributed by atoms with Crippen molar-refractivity contribution in [3.8, 4) is 0 Å². The number of nitrogens with zero attached hydrogens (tertiary/aromatic N) is 2. The number of anilines is 1. The average Bonchev–Trinajstić information content (AvgIpc) is 2.38. The van der Waals surface area contributed by atoms with Crippen molar-refractivity contribution in [3.05, 3.63) is 23.9 Å². The van der Waals surface area contributed by atoms with Gasteiger partial charge < -0.3 is 15.0 Å². The first kappa shape index (κ1) is 14.0. The number of likely N-dealkylation sites (N-methyl/N-ethyl adjacent to an activating group) is 2. The van der Waals surface area contributed by atoms with E-state index in [0.717, 1.165) is 0 Å². The number of pyridine rings is 1. The summed E-state index contributed by atoms with van der Waals surface area (Å²) in [4.78, 5) is 28.6. The fourth-order valence-electron chi connectivity index (χ4n) is 1.42. The highest BCUT2D eigenvalue weighted by atomic mass is 16.5. The zero-order valence-electron chi connectivity index (χ0n) is 10.8. The fraction of sp³-hybridized carbons (Fsp3) is 0.417. The van der Waals surface area contributed by atoms with Crippen LogP contribution in [-0.4, -0.2) is 44.1 Å². The highest BCUT2D eigenvalue weighted by Gasteiger charge is 2.11. The number of carbonyl (C=O) groups is 2. The molecule has 1 aromatic heterocycles. The second kappa shape index (κ2) is 6.58. The molecule has 98 valence electrons. The van der Waals surface area contributed by atoms with Crippen molar-refractivity contribution in [3.63, 3.8) is 0 Å². The van der Waals surface area contributed by atoms with E-state index in [1.54, 1.807) is 24.1 Å². The topological polar surface area (TPSA) is 71.5 Å². The van der Waals surface area contributed by atoms with Crippen molar-refractivity contribution in [1.82, 2.24) is 10.3 Å². The molecule has 1 aromatic rings. The fourth-order valence-corrected chi connectivity index (χ4v) is 1.42. The Morgan fingerprint density at radius 3 is 2.83 bits per heavy atom. The van der Waals surface area contributed by atoms with E-state index in [1.165, 1.54) is 13.3 Å². The third-order valence-corrected chi connectivity index (χ3v) is 2.31. The summed E-state index contributed by atoms with van der Waals surface area (Å²) in [5, 5.41) is 2.69. The molecule has 0 spiro atoms. The molecule has 0 saturated heterocycles. The Labute approximate surface area is 106 Å². The van der Waals surface area contributed by atoms with E-state index in [9.17, 15) is 9.59 Å². The number of carbonyl (C=O) groups excluding carboxylic acids is 2. The van der Waals surface area contributed by atoms with E-state index >= 15 is 0 Å². The van der Waals surface area contributed by atoms with Crippen molar-refractivity contribution < 1.29 is 14.3 Å². The van der Waals surface area contributed by atoms with Crippen LogP contribution in [0.3, 0.4) is 0 Å². The molecular formula is C12H17N3O3. The quantitative estimate of drug-likeness (QED) is 0.769. The van der Waals surface area contributed by atoms with Gasteiger partial charge in [-0.2, -0.15) is 0 Å². The zero-order chi connectivity index (χ0) is 13.5. The van der Waals surface area contributed by atoms with Gasteiger partial charge in [-0.3, -0.25) is 4.79 Å². The van der Waals surface area contributed by atoms with Gasteiger partial charge in [0.2, 0.25) is 5.91 Å². The smallest absolute Gasteiger partial charge is 0.338 e. The summed E-state index contributed by atoms with van der Waals surface area (Å²) >= 11 is 0. The minimum absolute atomic E-state index is 0.0923. The number of hydrogen-bond acceptors (Lipinski definition) is 5. The minimum atomic E-state index is -0.426. The average molecular weight is 251 g/mol. The van der Waals surface area contributed by atoms with Crippen LogP contribution in [0.2, 0.25) is 0 Å². The van der Waals surface area contributed by atoms with E-state index in [4.69, 9.17) is 0 Å². The molecule has 0 radical (unpaired) electrons. The molecule has 0 saturated carbocycles. The molecular weight excluding hydrogens is 234 g/mol. The van der Waals surface area contributed by atoms with Crippen LogP contribution in [0.15, 0.2) is 18.3 Å². The Balaban J connectivity index is 2.76. The second-order valence-corrected chi connectivity index (χ2v) is 3.70. The first-order valence-corrected chi connectivity index (χ1v) is 5.60. The van der Waals surface area contributed by atoms with Crippen molar-refractivity contribution >= 4 is 17.7 Å². The van der Waals surface area contributed by atoms with Crippen LogP contribution < -0.4 is 10.2 Å².